The lowest BCUT2D eigenvalue weighted by Crippen LogP contribution is -2.47. The van der Waals surface area contributed by atoms with Gasteiger partial charge in [-0.15, -0.1) is 0 Å². The molecule has 0 saturated carbocycles. The summed E-state index contributed by atoms with van der Waals surface area (Å²) in [7, 11) is 0. The standard InChI is InChI=1S/C22H26Cl2N2O2/c1-3-13-25-22(28)16(2)26(15-17-7-6-9-19(23)14-17)21(27)12-11-18-8-4-5-10-20(18)24/h4-10,14,16H,3,11-13,15H2,1-2H3,(H,25,28)/t16-/m1/s1. The first kappa shape index (κ1) is 22.3. The Hall–Kier alpha value is -2.04. The van der Waals surface area contributed by atoms with Crippen LogP contribution in [0.2, 0.25) is 10.0 Å². The molecular formula is C22H26Cl2N2O2. The molecule has 0 saturated heterocycles. The lowest BCUT2D eigenvalue weighted by molar-refractivity contribution is -0.140. The summed E-state index contributed by atoms with van der Waals surface area (Å²) in [5.41, 5.74) is 1.80. The Morgan fingerprint density at radius 1 is 1.11 bits per heavy atom. The third kappa shape index (κ3) is 6.54. The summed E-state index contributed by atoms with van der Waals surface area (Å²) in [6.45, 7) is 4.65. The maximum absolute atomic E-state index is 13.0. The molecule has 0 fully saturated rings. The minimum absolute atomic E-state index is 0.0981. The second kappa shape index (κ2) is 11.1. The van der Waals surface area contributed by atoms with Gasteiger partial charge in [-0.2, -0.15) is 0 Å². The van der Waals surface area contributed by atoms with Crippen LogP contribution in [0.15, 0.2) is 48.5 Å². The van der Waals surface area contributed by atoms with Gasteiger partial charge in [0.2, 0.25) is 11.8 Å². The average Bonchev–Trinajstić information content (AvgIpc) is 2.69. The van der Waals surface area contributed by atoms with Crippen LogP contribution in [0.25, 0.3) is 0 Å². The monoisotopic (exact) mass is 420 g/mol. The molecule has 28 heavy (non-hydrogen) atoms. The van der Waals surface area contributed by atoms with Crippen molar-refractivity contribution in [1.29, 1.82) is 0 Å². The number of halogens is 2. The number of nitrogens with zero attached hydrogens (tertiary/aromatic N) is 1. The fourth-order valence-electron chi connectivity index (χ4n) is 2.90. The Balaban J connectivity index is 2.14. The van der Waals surface area contributed by atoms with Crippen LogP contribution in [0, 0.1) is 0 Å². The van der Waals surface area contributed by atoms with Crippen molar-refractivity contribution in [2.75, 3.05) is 6.54 Å². The van der Waals surface area contributed by atoms with Gasteiger partial charge in [-0.25, -0.2) is 0 Å². The molecule has 0 aromatic heterocycles. The molecule has 1 N–H and O–H groups in total. The molecule has 150 valence electrons. The molecule has 0 aliphatic heterocycles. The summed E-state index contributed by atoms with van der Waals surface area (Å²) in [6.07, 6.45) is 1.64. The van der Waals surface area contributed by atoms with E-state index in [-0.39, 0.29) is 18.2 Å². The molecule has 0 spiro atoms. The van der Waals surface area contributed by atoms with Crippen molar-refractivity contribution in [2.24, 2.45) is 0 Å². The first-order valence-electron chi connectivity index (χ1n) is 9.47. The highest BCUT2D eigenvalue weighted by Gasteiger charge is 2.25. The van der Waals surface area contributed by atoms with Gasteiger partial charge >= 0.3 is 0 Å². The van der Waals surface area contributed by atoms with Gasteiger partial charge in [0.05, 0.1) is 0 Å². The van der Waals surface area contributed by atoms with Gasteiger partial charge in [0.25, 0.3) is 0 Å². The van der Waals surface area contributed by atoms with E-state index >= 15 is 0 Å². The van der Waals surface area contributed by atoms with Gasteiger partial charge in [-0.1, -0.05) is 60.5 Å². The highest BCUT2D eigenvalue weighted by molar-refractivity contribution is 6.31. The normalized spacial score (nSPS) is 11.7. The molecule has 0 aliphatic carbocycles. The summed E-state index contributed by atoms with van der Waals surface area (Å²) in [5.74, 6) is -0.256. The summed E-state index contributed by atoms with van der Waals surface area (Å²) < 4.78 is 0. The van der Waals surface area contributed by atoms with Crippen LogP contribution in [0.3, 0.4) is 0 Å². The zero-order valence-electron chi connectivity index (χ0n) is 16.3. The van der Waals surface area contributed by atoms with Crippen molar-refractivity contribution < 1.29 is 9.59 Å². The number of amides is 2. The number of carbonyl (C=O) groups excluding carboxylic acids is 2. The number of hydrogen-bond donors (Lipinski definition) is 1. The highest BCUT2D eigenvalue weighted by atomic mass is 35.5. The third-order valence-corrected chi connectivity index (χ3v) is 5.13. The van der Waals surface area contributed by atoms with Crippen LogP contribution < -0.4 is 5.32 Å². The topological polar surface area (TPSA) is 49.4 Å². The predicted octanol–water partition coefficient (Wildman–Crippen LogP) is 4.87. The van der Waals surface area contributed by atoms with Crippen LogP contribution in [0.4, 0.5) is 0 Å². The number of aryl methyl sites for hydroxylation is 1. The van der Waals surface area contributed by atoms with Crippen LogP contribution >= 0.6 is 23.2 Å². The smallest absolute Gasteiger partial charge is 0.242 e. The molecule has 0 aliphatic rings. The van der Waals surface area contributed by atoms with E-state index in [9.17, 15) is 9.59 Å². The molecule has 1 atom stereocenters. The molecule has 0 bridgehead atoms. The van der Waals surface area contributed by atoms with Crippen LogP contribution in [0.5, 0.6) is 0 Å². The lowest BCUT2D eigenvalue weighted by atomic mass is 10.1. The molecule has 0 heterocycles. The SMILES string of the molecule is CCCNC(=O)[C@@H](C)N(Cc1cccc(Cl)c1)C(=O)CCc1ccccc1Cl. The van der Waals surface area contributed by atoms with Crippen LogP contribution in [0.1, 0.15) is 37.8 Å². The third-order valence-electron chi connectivity index (χ3n) is 4.52. The average molecular weight is 421 g/mol. The van der Waals surface area contributed by atoms with E-state index in [1.165, 1.54) is 0 Å². The first-order valence-corrected chi connectivity index (χ1v) is 10.2. The fraction of sp³-hybridized carbons (Fsp3) is 0.364. The minimum Gasteiger partial charge on any atom is -0.354 e. The molecule has 2 amide bonds. The molecule has 2 aromatic rings. The van der Waals surface area contributed by atoms with Crippen molar-refractivity contribution in [2.45, 2.75) is 45.7 Å². The molecule has 6 heteroatoms. The van der Waals surface area contributed by atoms with Crippen LogP contribution in [-0.2, 0) is 22.6 Å². The Kier molecular flexibility index (Phi) is 8.81. The number of rotatable bonds is 9. The molecule has 2 aromatic carbocycles. The van der Waals surface area contributed by atoms with E-state index in [4.69, 9.17) is 23.2 Å². The number of benzene rings is 2. The van der Waals surface area contributed by atoms with E-state index in [0.29, 0.717) is 29.6 Å². The Morgan fingerprint density at radius 2 is 1.86 bits per heavy atom. The zero-order chi connectivity index (χ0) is 20.5. The molecule has 0 unspecified atom stereocenters. The van der Waals surface area contributed by atoms with Gasteiger partial charge in [0.15, 0.2) is 0 Å². The Labute approximate surface area is 176 Å². The summed E-state index contributed by atoms with van der Waals surface area (Å²) in [5, 5.41) is 4.11. The molecule has 2 rings (SSSR count). The zero-order valence-corrected chi connectivity index (χ0v) is 17.8. The fourth-order valence-corrected chi connectivity index (χ4v) is 3.34. The summed E-state index contributed by atoms with van der Waals surface area (Å²) >= 11 is 12.3. The first-order chi connectivity index (χ1) is 13.4. The molecule has 0 radical (unpaired) electrons. The maximum atomic E-state index is 13.0. The van der Waals surface area contributed by atoms with Crippen molar-refractivity contribution >= 4 is 35.0 Å². The van der Waals surface area contributed by atoms with Gasteiger partial charge in [-0.3, -0.25) is 9.59 Å². The second-order valence-electron chi connectivity index (χ2n) is 6.71. The predicted molar refractivity (Wildman–Crippen MR) is 115 cm³/mol. The van der Waals surface area contributed by atoms with Crippen LogP contribution in [-0.4, -0.2) is 29.3 Å². The van der Waals surface area contributed by atoms with Gasteiger partial charge in [-0.05, 0) is 49.1 Å². The van der Waals surface area contributed by atoms with Crippen molar-refractivity contribution in [3.05, 3.63) is 69.7 Å². The van der Waals surface area contributed by atoms with E-state index in [0.717, 1.165) is 17.5 Å². The number of nitrogens with one attached hydrogen (secondary N) is 1. The summed E-state index contributed by atoms with van der Waals surface area (Å²) in [6, 6.07) is 14.2. The quantitative estimate of drug-likeness (QED) is 0.628. The van der Waals surface area contributed by atoms with Crippen molar-refractivity contribution in [3.8, 4) is 0 Å². The molecule has 4 nitrogen and oxygen atoms in total. The summed E-state index contributed by atoms with van der Waals surface area (Å²) in [4.78, 5) is 27.1. The Morgan fingerprint density at radius 3 is 2.54 bits per heavy atom. The second-order valence-corrected chi connectivity index (χ2v) is 7.55. The van der Waals surface area contributed by atoms with Gasteiger partial charge in [0.1, 0.15) is 6.04 Å². The van der Waals surface area contributed by atoms with Crippen molar-refractivity contribution in [1.82, 2.24) is 10.2 Å². The van der Waals surface area contributed by atoms with E-state index in [2.05, 4.69) is 5.32 Å². The number of hydrogen-bond acceptors (Lipinski definition) is 2. The largest absolute Gasteiger partial charge is 0.354 e. The highest BCUT2D eigenvalue weighted by Crippen LogP contribution is 2.19. The minimum atomic E-state index is -0.579. The Bertz CT molecular complexity index is 811. The van der Waals surface area contributed by atoms with Crippen molar-refractivity contribution in [3.63, 3.8) is 0 Å². The molecular weight excluding hydrogens is 395 g/mol. The van der Waals surface area contributed by atoms with E-state index in [1.807, 2.05) is 49.4 Å². The maximum Gasteiger partial charge on any atom is 0.242 e. The number of carbonyl (C=O) groups is 2. The van der Waals surface area contributed by atoms with Gasteiger partial charge in [0, 0.05) is 29.6 Å². The van der Waals surface area contributed by atoms with E-state index < -0.39 is 6.04 Å². The lowest BCUT2D eigenvalue weighted by Gasteiger charge is -2.29. The van der Waals surface area contributed by atoms with E-state index in [1.54, 1.807) is 17.9 Å². The van der Waals surface area contributed by atoms with Gasteiger partial charge < -0.3 is 10.2 Å².